The Bertz CT molecular complexity index is 510. The van der Waals surface area contributed by atoms with Crippen molar-refractivity contribution in [3.8, 4) is 0 Å². The molecular weight excluding hydrogens is 250 g/mol. The van der Waals surface area contributed by atoms with Crippen molar-refractivity contribution in [1.82, 2.24) is 5.32 Å². The van der Waals surface area contributed by atoms with E-state index >= 15 is 0 Å². The molecule has 3 nitrogen and oxygen atoms in total. The molecule has 1 unspecified atom stereocenters. The van der Waals surface area contributed by atoms with E-state index in [1.807, 2.05) is 30.3 Å². The Morgan fingerprint density at radius 1 is 1.28 bits per heavy atom. The largest absolute Gasteiger partial charge is 0.462 e. The molecular formula is C14H16ClNO2. The van der Waals surface area contributed by atoms with Crippen LogP contribution in [0.1, 0.15) is 30.0 Å². The van der Waals surface area contributed by atoms with Crippen LogP contribution >= 0.6 is 11.6 Å². The molecule has 0 radical (unpaired) electrons. The Morgan fingerprint density at radius 2 is 2.06 bits per heavy atom. The van der Waals surface area contributed by atoms with E-state index in [0.717, 1.165) is 16.3 Å². The third-order valence-corrected chi connectivity index (χ3v) is 3.04. The average Bonchev–Trinajstić information content (AvgIpc) is 2.84. The zero-order chi connectivity index (χ0) is 13.0. The van der Waals surface area contributed by atoms with Crippen LogP contribution in [0.2, 0.25) is 5.02 Å². The lowest BCUT2D eigenvalue weighted by Gasteiger charge is -2.13. The molecule has 1 aromatic carbocycles. The molecule has 1 aromatic heterocycles. The lowest BCUT2D eigenvalue weighted by Crippen LogP contribution is -2.17. The summed E-state index contributed by atoms with van der Waals surface area (Å²) < 4.78 is 5.40. The van der Waals surface area contributed by atoms with Gasteiger partial charge in [-0.05, 0) is 36.8 Å². The smallest absolute Gasteiger partial charge is 0.129 e. The van der Waals surface area contributed by atoms with Crippen molar-refractivity contribution >= 4 is 11.6 Å². The second kappa shape index (κ2) is 6.05. The van der Waals surface area contributed by atoms with Gasteiger partial charge in [-0.2, -0.15) is 0 Å². The fourth-order valence-corrected chi connectivity index (χ4v) is 1.95. The third kappa shape index (κ3) is 3.35. The van der Waals surface area contributed by atoms with Gasteiger partial charge in [0.05, 0.1) is 6.54 Å². The Kier molecular flexibility index (Phi) is 4.42. The summed E-state index contributed by atoms with van der Waals surface area (Å²) in [7, 11) is 0. The number of hydrogen-bond acceptors (Lipinski definition) is 3. The van der Waals surface area contributed by atoms with Gasteiger partial charge in [0.2, 0.25) is 0 Å². The Morgan fingerprint density at radius 3 is 2.72 bits per heavy atom. The number of halogens is 1. The second-order valence-corrected chi connectivity index (χ2v) is 4.62. The summed E-state index contributed by atoms with van der Waals surface area (Å²) >= 11 is 5.95. The maximum atomic E-state index is 8.91. The zero-order valence-corrected chi connectivity index (χ0v) is 10.9. The number of benzene rings is 1. The highest BCUT2D eigenvalue weighted by molar-refractivity contribution is 6.30. The van der Waals surface area contributed by atoms with Crippen LogP contribution in [0.15, 0.2) is 40.8 Å². The predicted octanol–water partition coefficient (Wildman–Crippen LogP) is 3.28. The van der Waals surface area contributed by atoms with E-state index < -0.39 is 0 Å². The second-order valence-electron chi connectivity index (χ2n) is 4.18. The van der Waals surface area contributed by atoms with Gasteiger partial charge in [-0.1, -0.05) is 23.7 Å². The van der Waals surface area contributed by atoms with Crippen molar-refractivity contribution < 1.29 is 9.52 Å². The lowest BCUT2D eigenvalue weighted by molar-refractivity contribution is 0.242. The summed E-state index contributed by atoms with van der Waals surface area (Å²) in [6.45, 7) is 2.62. The highest BCUT2D eigenvalue weighted by Gasteiger charge is 2.07. The van der Waals surface area contributed by atoms with Crippen LogP contribution in [0.3, 0.4) is 0 Å². The Balaban J connectivity index is 1.93. The molecule has 4 heteroatoms. The van der Waals surface area contributed by atoms with Gasteiger partial charge in [0, 0.05) is 11.1 Å². The number of rotatable bonds is 5. The average molecular weight is 266 g/mol. The van der Waals surface area contributed by atoms with E-state index in [1.54, 1.807) is 6.07 Å². The van der Waals surface area contributed by atoms with Gasteiger partial charge < -0.3 is 14.8 Å². The molecule has 1 heterocycles. The number of aliphatic hydroxyl groups is 1. The minimum Gasteiger partial charge on any atom is -0.462 e. The van der Waals surface area contributed by atoms with Gasteiger partial charge in [0.15, 0.2) is 0 Å². The first-order valence-corrected chi connectivity index (χ1v) is 6.24. The van der Waals surface area contributed by atoms with Crippen molar-refractivity contribution in [2.75, 3.05) is 0 Å². The quantitative estimate of drug-likeness (QED) is 0.872. The van der Waals surface area contributed by atoms with Gasteiger partial charge in [0.1, 0.15) is 18.1 Å². The molecule has 0 spiro atoms. The van der Waals surface area contributed by atoms with Crippen molar-refractivity contribution in [3.05, 3.63) is 58.5 Å². The number of aliphatic hydroxyl groups excluding tert-OH is 1. The van der Waals surface area contributed by atoms with Crippen molar-refractivity contribution in [3.63, 3.8) is 0 Å². The number of furan rings is 1. The molecule has 2 rings (SSSR count). The van der Waals surface area contributed by atoms with Gasteiger partial charge in [-0.25, -0.2) is 0 Å². The molecule has 0 aliphatic rings. The Hall–Kier alpha value is -1.29. The SMILES string of the molecule is CC(NCc1ccc(CO)o1)c1cccc(Cl)c1. The summed E-state index contributed by atoms with van der Waals surface area (Å²) in [5.74, 6) is 1.40. The molecule has 0 aliphatic heterocycles. The molecule has 0 amide bonds. The van der Waals surface area contributed by atoms with Crippen LogP contribution in [-0.2, 0) is 13.2 Å². The summed E-state index contributed by atoms with van der Waals surface area (Å²) in [4.78, 5) is 0. The number of nitrogens with one attached hydrogen (secondary N) is 1. The fourth-order valence-electron chi connectivity index (χ4n) is 1.75. The first-order valence-electron chi connectivity index (χ1n) is 5.86. The van der Waals surface area contributed by atoms with Crippen LogP contribution in [-0.4, -0.2) is 5.11 Å². The molecule has 0 aliphatic carbocycles. The van der Waals surface area contributed by atoms with Gasteiger partial charge >= 0.3 is 0 Å². The van der Waals surface area contributed by atoms with E-state index in [9.17, 15) is 0 Å². The highest BCUT2D eigenvalue weighted by Crippen LogP contribution is 2.18. The molecule has 0 fully saturated rings. The van der Waals surface area contributed by atoms with Crippen molar-refractivity contribution in [2.45, 2.75) is 26.1 Å². The summed E-state index contributed by atoms with van der Waals surface area (Å²) in [6.07, 6.45) is 0. The van der Waals surface area contributed by atoms with Crippen LogP contribution in [0.4, 0.5) is 0 Å². The topological polar surface area (TPSA) is 45.4 Å². The standard InChI is InChI=1S/C14H16ClNO2/c1-10(11-3-2-4-12(15)7-11)16-8-13-5-6-14(9-17)18-13/h2-7,10,16-17H,8-9H2,1H3. The molecule has 2 N–H and O–H groups in total. The molecule has 0 bridgehead atoms. The monoisotopic (exact) mass is 265 g/mol. The zero-order valence-electron chi connectivity index (χ0n) is 10.2. The first kappa shape index (κ1) is 13.1. The lowest BCUT2D eigenvalue weighted by atomic mass is 10.1. The fraction of sp³-hybridized carbons (Fsp3) is 0.286. The maximum absolute atomic E-state index is 8.91. The molecule has 2 aromatic rings. The molecule has 0 saturated heterocycles. The molecule has 0 saturated carbocycles. The molecule has 1 atom stereocenters. The summed E-state index contributed by atoms with van der Waals surface area (Å²) in [5.41, 5.74) is 1.14. The van der Waals surface area contributed by atoms with Crippen LogP contribution in [0, 0.1) is 0 Å². The van der Waals surface area contributed by atoms with Crippen LogP contribution in [0.25, 0.3) is 0 Å². The van der Waals surface area contributed by atoms with Crippen LogP contribution in [0.5, 0.6) is 0 Å². The minimum atomic E-state index is -0.0656. The van der Waals surface area contributed by atoms with E-state index in [0.29, 0.717) is 12.3 Å². The summed E-state index contributed by atoms with van der Waals surface area (Å²) in [6, 6.07) is 11.6. The predicted molar refractivity (Wildman–Crippen MR) is 71.3 cm³/mol. The van der Waals surface area contributed by atoms with Crippen molar-refractivity contribution in [2.24, 2.45) is 0 Å². The summed E-state index contributed by atoms with van der Waals surface area (Å²) in [5, 5.41) is 13.0. The van der Waals surface area contributed by atoms with Gasteiger partial charge in [-0.3, -0.25) is 0 Å². The third-order valence-electron chi connectivity index (χ3n) is 2.80. The minimum absolute atomic E-state index is 0.0656. The van der Waals surface area contributed by atoms with E-state index in [4.69, 9.17) is 21.1 Å². The van der Waals surface area contributed by atoms with E-state index in [-0.39, 0.29) is 12.6 Å². The highest BCUT2D eigenvalue weighted by atomic mass is 35.5. The first-order chi connectivity index (χ1) is 8.69. The van der Waals surface area contributed by atoms with Gasteiger partial charge in [0.25, 0.3) is 0 Å². The van der Waals surface area contributed by atoms with Crippen molar-refractivity contribution in [1.29, 1.82) is 0 Å². The van der Waals surface area contributed by atoms with E-state index in [1.165, 1.54) is 0 Å². The molecule has 18 heavy (non-hydrogen) atoms. The van der Waals surface area contributed by atoms with Crippen LogP contribution < -0.4 is 5.32 Å². The number of hydrogen-bond donors (Lipinski definition) is 2. The molecule has 96 valence electrons. The maximum Gasteiger partial charge on any atom is 0.129 e. The normalized spacial score (nSPS) is 12.6. The van der Waals surface area contributed by atoms with Gasteiger partial charge in [-0.15, -0.1) is 0 Å². The Labute approximate surface area is 111 Å². The van der Waals surface area contributed by atoms with E-state index in [2.05, 4.69) is 12.2 Å².